The van der Waals surface area contributed by atoms with Crippen LogP contribution in [-0.2, 0) is 11.3 Å². The standard InChI is InChI=1S/C14H19N5O2S/c1-18(14-12-2-3-15-13(12)16-8-17-14)11-4-9-6-19(22(20)21)7-10(9)5-11/h2-3,8-11H,4-7H2,1H3,(H,20,21)(H,15,16,17)/p-1. The minimum absolute atomic E-state index is 0.408. The molecule has 7 nitrogen and oxygen atoms in total. The van der Waals surface area contributed by atoms with Gasteiger partial charge in [0.05, 0.1) is 5.39 Å². The van der Waals surface area contributed by atoms with Crippen LogP contribution < -0.4 is 4.90 Å². The molecule has 2 aromatic heterocycles. The summed E-state index contributed by atoms with van der Waals surface area (Å²) in [6.45, 7) is 1.32. The van der Waals surface area contributed by atoms with Gasteiger partial charge in [0, 0.05) is 43.6 Å². The molecule has 2 aliphatic rings. The van der Waals surface area contributed by atoms with Crippen molar-refractivity contribution in [2.24, 2.45) is 11.8 Å². The zero-order valence-corrected chi connectivity index (χ0v) is 13.1. The first-order chi connectivity index (χ1) is 10.6. The molecule has 0 bridgehead atoms. The zero-order valence-electron chi connectivity index (χ0n) is 12.3. The van der Waals surface area contributed by atoms with Gasteiger partial charge < -0.3 is 14.4 Å². The van der Waals surface area contributed by atoms with E-state index in [2.05, 4.69) is 26.9 Å². The van der Waals surface area contributed by atoms with Gasteiger partial charge in [0.15, 0.2) is 0 Å². The monoisotopic (exact) mass is 320 g/mol. The maximum Gasteiger partial charge on any atom is 0.142 e. The van der Waals surface area contributed by atoms with Gasteiger partial charge in [-0.05, 0) is 30.7 Å². The molecule has 0 radical (unpaired) electrons. The van der Waals surface area contributed by atoms with Gasteiger partial charge >= 0.3 is 0 Å². The summed E-state index contributed by atoms with van der Waals surface area (Å²) >= 11 is -2.08. The molecule has 0 aromatic carbocycles. The molecule has 2 aromatic rings. The summed E-state index contributed by atoms with van der Waals surface area (Å²) in [5.41, 5.74) is 0.850. The van der Waals surface area contributed by atoms with E-state index in [0.29, 0.717) is 31.0 Å². The summed E-state index contributed by atoms with van der Waals surface area (Å²) in [5.74, 6) is 1.88. The Morgan fingerprint density at radius 2 is 2.09 bits per heavy atom. The van der Waals surface area contributed by atoms with Crippen LogP contribution in [0.2, 0.25) is 0 Å². The average Bonchev–Trinajstić information content (AvgIpc) is 3.18. The summed E-state index contributed by atoms with van der Waals surface area (Å²) in [6.07, 6.45) is 5.50. The molecule has 3 unspecified atom stereocenters. The number of aromatic amines is 1. The van der Waals surface area contributed by atoms with Crippen LogP contribution in [0.3, 0.4) is 0 Å². The van der Waals surface area contributed by atoms with Crippen molar-refractivity contribution in [2.75, 3.05) is 25.0 Å². The van der Waals surface area contributed by atoms with E-state index in [1.54, 1.807) is 10.6 Å². The number of hydrogen-bond donors (Lipinski definition) is 1. The summed E-state index contributed by atoms with van der Waals surface area (Å²) in [6, 6.07) is 2.41. The Balaban J connectivity index is 1.53. The highest BCUT2D eigenvalue weighted by molar-refractivity contribution is 7.76. The van der Waals surface area contributed by atoms with Crippen LogP contribution in [0.25, 0.3) is 11.0 Å². The van der Waals surface area contributed by atoms with Gasteiger partial charge in [0.25, 0.3) is 0 Å². The molecule has 1 N–H and O–H groups in total. The van der Waals surface area contributed by atoms with Gasteiger partial charge in [-0.15, -0.1) is 0 Å². The predicted octanol–water partition coefficient (Wildman–Crippen LogP) is 0.899. The van der Waals surface area contributed by atoms with Crippen molar-refractivity contribution < 1.29 is 8.76 Å². The summed E-state index contributed by atoms with van der Waals surface area (Å²) < 4.78 is 23.7. The molecule has 22 heavy (non-hydrogen) atoms. The fourth-order valence-electron chi connectivity index (χ4n) is 3.98. The third-order valence-electron chi connectivity index (χ3n) is 5.12. The molecule has 3 atom stereocenters. The topological polar surface area (TPSA) is 88.2 Å². The first kappa shape index (κ1) is 14.1. The number of anilines is 1. The number of nitrogens with one attached hydrogen (secondary N) is 1. The van der Waals surface area contributed by atoms with Crippen molar-refractivity contribution >= 4 is 28.1 Å². The molecule has 1 saturated heterocycles. The highest BCUT2D eigenvalue weighted by atomic mass is 32.2. The van der Waals surface area contributed by atoms with Crippen molar-refractivity contribution in [3.63, 3.8) is 0 Å². The minimum atomic E-state index is -2.08. The van der Waals surface area contributed by atoms with Gasteiger partial charge in [-0.2, -0.15) is 0 Å². The number of fused-ring (bicyclic) bond motifs is 2. The molecule has 1 aliphatic heterocycles. The lowest BCUT2D eigenvalue weighted by atomic mass is 10.0. The van der Waals surface area contributed by atoms with Gasteiger partial charge in [0.1, 0.15) is 17.8 Å². The highest BCUT2D eigenvalue weighted by Gasteiger charge is 2.42. The molecule has 0 spiro atoms. The number of aromatic nitrogens is 3. The van der Waals surface area contributed by atoms with Crippen molar-refractivity contribution in [2.45, 2.75) is 18.9 Å². The Hall–Kier alpha value is -1.51. The second kappa shape index (κ2) is 5.29. The van der Waals surface area contributed by atoms with Crippen molar-refractivity contribution in [3.8, 4) is 0 Å². The van der Waals surface area contributed by atoms with E-state index in [0.717, 1.165) is 29.7 Å². The molecule has 118 valence electrons. The third-order valence-corrected chi connectivity index (χ3v) is 5.84. The van der Waals surface area contributed by atoms with E-state index in [4.69, 9.17) is 0 Å². The number of H-pyrrole nitrogens is 1. The normalized spacial score (nSPS) is 29.8. The lowest BCUT2D eigenvalue weighted by molar-refractivity contribution is 0.407. The molecule has 8 heteroatoms. The van der Waals surface area contributed by atoms with Crippen LogP contribution in [0, 0.1) is 11.8 Å². The Morgan fingerprint density at radius 1 is 1.36 bits per heavy atom. The SMILES string of the molecule is CN(c1ncnc2[nH]ccc12)C1CC2CN(S(=O)[O-])CC2C1. The quantitative estimate of drug-likeness (QED) is 0.849. The van der Waals surface area contributed by atoms with E-state index in [1.165, 1.54) is 0 Å². The fourth-order valence-corrected chi connectivity index (χ4v) is 4.60. The minimum Gasteiger partial charge on any atom is -0.760 e. The van der Waals surface area contributed by atoms with Crippen LogP contribution in [0.5, 0.6) is 0 Å². The third kappa shape index (κ3) is 2.22. The number of hydrogen-bond acceptors (Lipinski definition) is 5. The molecule has 3 heterocycles. The molecular weight excluding hydrogens is 302 g/mol. The van der Waals surface area contributed by atoms with Crippen LogP contribution in [0.4, 0.5) is 5.82 Å². The van der Waals surface area contributed by atoms with E-state index >= 15 is 0 Å². The smallest absolute Gasteiger partial charge is 0.142 e. The molecule has 2 fully saturated rings. The zero-order chi connectivity index (χ0) is 15.3. The van der Waals surface area contributed by atoms with Gasteiger partial charge in [-0.1, -0.05) is 0 Å². The van der Waals surface area contributed by atoms with Crippen LogP contribution in [-0.4, -0.2) is 54.2 Å². The Bertz CT molecular complexity index is 706. The molecule has 1 saturated carbocycles. The fraction of sp³-hybridized carbons (Fsp3) is 0.571. The van der Waals surface area contributed by atoms with Crippen molar-refractivity contribution in [1.82, 2.24) is 19.3 Å². The second-order valence-corrected chi connectivity index (χ2v) is 7.21. The Labute approximate surface area is 131 Å². The Kier molecular flexibility index (Phi) is 3.39. The van der Waals surface area contributed by atoms with E-state index < -0.39 is 11.3 Å². The lowest BCUT2D eigenvalue weighted by Gasteiger charge is -2.28. The average molecular weight is 320 g/mol. The molecule has 4 rings (SSSR count). The van der Waals surface area contributed by atoms with Crippen LogP contribution >= 0.6 is 0 Å². The van der Waals surface area contributed by atoms with Crippen LogP contribution in [0.1, 0.15) is 12.8 Å². The van der Waals surface area contributed by atoms with E-state index in [-0.39, 0.29) is 0 Å². The first-order valence-electron chi connectivity index (χ1n) is 7.48. The molecule has 1 aliphatic carbocycles. The van der Waals surface area contributed by atoms with E-state index in [1.807, 2.05) is 12.3 Å². The summed E-state index contributed by atoms with van der Waals surface area (Å²) in [5, 5.41) is 1.03. The first-order valence-corrected chi connectivity index (χ1v) is 8.52. The maximum atomic E-state index is 11.1. The largest absolute Gasteiger partial charge is 0.760 e. The second-order valence-electron chi connectivity index (χ2n) is 6.26. The van der Waals surface area contributed by atoms with Crippen molar-refractivity contribution in [3.05, 3.63) is 18.6 Å². The van der Waals surface area contributed by atoms with Crippen LogP contribution in [0.15, 0.2) is 18.6 Å². The summed E-state index contributed by atoms with van der Waals surface area (Å²) in [4.78, 5) is 14.0. The maximum absolute atomic E-state index is 11.1. The van der Waals surface area contributed by atoms with Gasteiger partial charge in [-0.3, -0.25) is 4.21 Å². The van der Waals surface area contributed by atoms with Gasteiger partial charge in [0.2, 0.25) is 0 Å². The number of nitrogens with zero attached hydrogens (tertiary/aromatic N) is 4. The molecular formula is C14H18N5O2S-. The predicted molar refractivity (Wildman–Crippen MR) is 82.8 cm³/mol. The Morgan fingerprint density at radius 3 is 2.77 bits per heavy atom. The number of rotatable bonds is 3. The molecule has 0 amide bonds. The highest BCUT2D eigenvalue weighted by Crippen LogP contribution is 2.41. The van der Waals surface area contributed by atoms with Crippen molar-refractivity contribution in [1.29, 1.82) is 0 Å². The van der Waals surface area contributed by atoms with E-state index in [9.17, 15) is 8.76 Å². The summed E-state index contributed by atoms with van der Waals surface area (Å²) in [7, 11) is 2.07. The lowest BCUT2D eigenvalue weighted by Crippen LogP contribution is -2.33. The van der Waals surface area contributed by atoms with Gasteiger partial charge in [-0.25, -0.2) is 14.3 Å².